The molecule has 0 aliphatic carbocycles. The monoisotopic (exact) mass is 424 g/mol. The SMILES string of the molecule is CCOc1cc(/C=C(\C#N)C(=O)NC[C@H]2CCCO2)ccc1OCc1cccc(F)c1. The van der Waals surface area contributed by atoms with Gasteiger partial charge in [-0.25, -0.2) is 4.39 Å². The van der Waals surface area contributed by atoms with E-state index in [0.29, 0.717) is 42.4 Å². The van der Waals surface area contributed by atoms with E-state index in [9.17, 15) is 14.4 Å². The van der Waals surface area contributed by atoms with E-state index in [0.717, 1.165) is 12.8 Å². The Hall–Kier alpha value is -3.37. The second-order valence-corrected chi connectivity index (χ2v) is 7.07. The van der Waals surface area contributed by atoms with Gasteiger partial charge in [-0.3, -0.25) is 4.79 Å². The Balaban J connectivity index is 1.70. The van der Waals surface area contributed by atoms with Crippen molar-refractivity contribution in [2.75, 3.05) is 19.8 Å². The van der Waals surface area contributed by atoms with Gasteiger partial charge >= 0.3 is 0 Å². The first-order chi connectivity index (χ1) is 15.1. The maximum atomic E-state index is 13.4. The zero-order valence-corrected chi connectivity index (χ0v) is 17.4. The minimum atomic E-state index is -0.442. The normalized spacial score (nSPS) is 15.9. The summed E-state index contributed by atoms with van der Waals surface area (Å²) in [6, 6.07) is 13.3. The first kappa shape index (κ1) is 22.3. The second kappa shape index (κ2) is 11.1. The molecule has 1 saturated heterocycles. The van der Waals surface area contributed by atoms with Gasteiger partial charge in [0.05, 0.1) is 12.7 Å². The number of halogens is 1. The fraction of sp³-hybridized carbons (Fsp3) is 0.333. The summed E-state index contributed by atoms with van der Waals surface area (Å²) in [5.74, 6) is 0.199. The van der Waals surface area contributed by atoms with Crippen molar-refractivity contribution in [3.8, 4) is 17.6 Å². The van der Waals surface area contributed by atoms with Crippen molar-refractivity contribution in [1.29, 1.82) is 5.26 Å². The first-order valence-corrected chi connectivity index (χ1v) is 10.2. The second-order valence-electron chi connectivity index (χ2n) is 7.07. The van der Waals surface area contributed by atoms with Gasteiger partial charge in [-0.2, -0.15) is 5.26 Å². The maximum absolute atomic E-state index is 13.4. The topological polar surface area (TPSA) is 80.6 Å². The zero-order valence-electron chi connectivity index (χ0n) is 17.4. The van der Waals surface area contributed by atoms with Crippen LogP contribution in [-0.2, 0) is 16.1 Å². The molecule has 0 bridgehead atoms. The van der Waals surface area contributed by atoms with Crippen molar-refractivity contribution in [3.05, 3.63) is 65.0 Å². The number of benzene rings is 2. The number of nitrogens with zero attached hydrogens (tertiary/aromatic N) is 1. The molecule has 2 aromatic carbocycles. The third-order valence-electron chi connectivity index (χ3n) is 4.74. The molecule has 0 saturated carbocycles. The highest BCUT2D eigenvalue weighted by Crippen LogP contribution is 2.30. The lowest BCUT2D eigenvalue weighted by Crippen LogP contribution is -2.32. The number of nitriles is 1. The minimum absolute atomic E-state index is 0.00275. The largest absolute Gasteiger partial charge is 0.490 e. The number of hydrogen-bond acceptors (Lipinski definition) is 5. The molecule has 0 aromatic heterocycles. The van der Waals surface area contributed by atoms with Gasteiger partial charge < -0.3 is 19.5 Å². The van der Waals surface area contributed by atoms with E-state index in [1.165, 1.54) is 18.2 Å². The molecule has 1 fully saturated rings. The molecule has 0 spiro atoms. The van der Waals surface area contributed by atoms with Gasteiger partial charge in [0.15, 0.2) is 11.5 Å². The molecule has 1 heterocycles. The third-order valence-corrected chi connectivity index (χ3v) is 4.74. The van der Waals surface area contributed by atoms with E-state index in [1.54, 1.807) is 30.3 Å². The van der Waals surface area contributed by atoms with Gasteiger partial charge in [-0.15, -0.1) is 0 Å². The first-order valence-electron chi connectivity index (χ1n) is 10.2. The van der Waals surface area contributed by atoms with E-state index >= 15 is 0 Å². The van der Waals surface area contributed by atoms with Crippen LogP contribution in [0.3, 0.4) is 0 Å². The average Bonchev–Trinajstić information content (AvgIpc) is 3.29. The molecule has 3 rings (SSSR count). The van der Waals surface area contributed by atoms with Crippen LogP contribution in [0, 0.1) is 17.1 Å². The molecule has 1 atom stereocenters. The van der Waals surface area contributed by atoms with Crippen LogP contribution in [0.15, 0.2) is 48.0 Å². The van der Waals surface area contributed by atoms with Crippen LogP contribution < -0.4 is 14.8 Å². The molecule has 1 aliphatic heterocycles. The van der Waals surface area contributed by atoms with Crippen LogP contribution in [0.4, 0.5) is 4.39 Å². The van der Waals surface area contributed by atoms with Crippen LogP contribution in [-0.4, -0.2) is 31.8 Å². The number of hydrogen-bond donors (Lipinski definition) is 1. The Kier molecular flexibility index (Phi) is 8.02. The van der Waals surface area contributed by atoms with Gasteiger partial charge in [-0.1, -0.05) is 18.2 Å². The smallest absolute Gasteiger partial charge is 0.262 e. The van der Waals surface area contributed by atoms with Crippen molar-refractivity contribution >= 4 is 12.0 Å². The fourth-order valence-corrected chi connectivity index (χ4v) is 3.21. The third kappa shape index (κ3) is 6.56. The summed E-state index contributed by atoms with van der Waals surface area (Å²) in [5, 5.41) is 12.2. The lowest BCUT2D eigenvalue weighted by molar-refractivity contribution is -0.117. The summed E-state index contributed by atoms with van der Waals surface area (Å²) in [6.07, 6.45) is 3.39. The minimum Gasteiger partial charge on any atom is -0.490 e. The predicted octanol–water partition coefficient (Wildman–Crippen LogP) is 4.01. The van der Waals surface area contributed by atoms with Crippen LogP contribution >= 0.6 is 0 Å². The number of amides is 1. The summed E-state index contributed by atoms with van der Waals surface area (Å²) in [5.41, 5.74) is 1.32. The molecular weight excluding hydrogens is 399 g/mol. The van der Waals surface area contributed by atoms with Crippen molar-refractivity contribution in [2.45, 2.75) is 32.5 Å². The van der Waals surface area contributed by atoms with Crippen molar-refractivity contribution in [2.24, 2.45) is 0 Å². The summed E-state index contributed by atoms with van der Waals surface area (Å²) < 4.78 is 30.3. The highest BCUT2D eigenvalue weighted by atomic mass is 19.1. The van der Waals surface area contributed by atoms with E-state index in [1.807, 2.05) is 13.0 Å². The number of carbonyl (C=O) groups is 1. The summed E-state index contributed by atoms with van der Waals surface area (Å²) in [6.45, 7) is 3.53. The Morgan fingerprint density at radius 1 is 1.29 bits per heavy atom. The predicted molar refractivity (Wildman–Crippen MR) is 114 cm³/mol. The Bertz CT molecular complexity index is 978. The van der Waals surface area contributed by atoms with Gasteiger partial charge in [-0.05, 0) is 61.2 Å². The molecule has 162 valence electrons. The summed E-state index contributed by atoms with van der Waals surface area (Å²) in [7, 11) is 0. The van der Waals surface area contributed by atoms with Crippen molar-refractivity contribution in [3.63, 3.8) is 0 Å². The van der Waals surface area contributed by atoms with Gasteiger partial charge in [0.25, 0.3) is 5.91 Å². The molecule has 1 aliphatic rings. The number of ether oxygens (including phenoxy) is 3. The lowest BCUT2D eigenvalue weighted by Gasteiger charge is -2.13. The van der Waals surface area contributed by atoms with Gasteiger partial charge in [0.2, 0.25) is 0 Å². The molecule has 0 radical (unpaired) electrons. The highest BCUT2D eigenvalue weighted by molar-refractivity contribution is 6.01. The molecule has 31 heavy (non-hydrogen) atoms. The van der Waals surface area contributed by atoms with Crippen LogP contribution in [0.2, 0.25) is 0 Å². The summed E-state index contributed by atoms with van der Waals surface area (Å²) in [4.78, 5) is 12.4. The van der Waals surface area contributed by atoms with Crippen LogP contribution in [0.5, 0.6) is 11.5 Å². The summed E-state index contributed by atoms with van der Waals surface area (Å²) >= 11 is 0. The molecule has 2 aromatic rings. The van der Waals surface area contributed by atoms with Crippen molar-refractivity contribution < 1.29 is 23.4 Å². The molecule has 0 unspecified atom stereocenters. The molecule has 6 nitrogen and oxygen atoms in total. The standard InChI is InChI=1S/C24H25FN2O4/c1-2-29-23-13-17(8-9-22(23)31-16-18-5-3-6-20(25)12-18)11-19(14-26)24(28)27-15-21-7-4-10-30-21/h3,5-6,8-9,11-13,21H,2,4,7,10,15-16H2,1H3,(H,27,28)/b19-11+/t21-/m1/s1. The van der Waals surface area contributed by atoms with E-state index in [-0.39, 0.29) is 24.1 Å². The quantitative estimate of drug-likeness (QED) is 0.486. The van der Waals surface area contributed by atoms with E-state index in [2.05, 4.69) is 5.32 Å². The Morgan fingerprint density at radius 3 is 2.87 bits per heavy atom. The van der Waals surface area contributed by atoms with E-state index in [4.69, 9.17) is 14.2 Å². The number of rotatable bonds is 9. The number of nitrogens with one attached hydrogen (secondary N) is 1. The molecule has 1 N–H and O–H groups in total. The fourth-order valence-electron chi connectivity index (χ4n) is 3.21. The maximum Gasteiger partial charge on any atom is 0.262 e. The molecular formula is C24H25FN2O4. The van der Waals surface area contributed by atoms with Gasteiger partial charge in [0.1, 0.15) is 24.1 Å². The lowest BCUT2D eigenvalue weighted by atomic mass is 10.1. The highest BCUT2D eigenvalue weighted by Gasteiger charge is 2.18. The van der Waals surface area contributed by atoms with Crippen molar-refractivity contribution in [1.82, 2.24) is 5.32 Å². The zero-order chi connectivity index (χ0) is 22.1. The molecule has 7 heteroatoms. The van der Waals surface area contributed by atoms with Gasteiger partial charge in [0, 0.05) is 13.2 Å². The van der Waals surface area contributed by atoms with Crippen LogP contribution in [0.1, 0.15) is 30.9 Å². The van der Waals surface area contributed by atoms with Crippen LogP contribution in [0.25, 0.3) is 6.08 Å². The molecule has 1 amide bonds. The average molecular weight is 424 g/mol. The Labute approximate surface area is 181 Å². The Morgan fingerprint density at radius 2 is 2.16 bits per heavy atom. The van der Waals surface area contributed by atoms with E-state index < -0.39 is 5.91 Å². The number of carbonyl (C=O) groups excluding carboxylic acids is 1.